The van der Waals surface area contributed by atoms with Crippen LogP contribution in [0.15, 0.2) is 12.4 Å². The molecular weight excluding hydrogens is 206 g/mol. The van der Waals surface area contributed by atoms with Gasteiger partial charge in [-0.05, 0) is 19.8 Å². The van der Waals surface area contributed by atoms with E-state index in [9.17, 15) is 4.79 Å². The smallest absolute Gasteiger partial charge is 0.339 e. The quantitative estimate of drug-likeness (QED) is 0.832. The molecule has 2 aromatic rings. The molecule has 0 spiro atoms. The van der Waals surface area contributed by atoms with Gasteiger partial charge in [0.2, 0.25) is 0 Å². The van der Waals surface area contributed by atoms with E-state index >= 15 is 0 Å². The predicted molar refractivity (Wildman–Crippen MR) is 57.5 cm³/mol. The van der Waals surface area contributed by atoms with Crippen LogP contribution in [0, 0.1) is 6.92 Å². The molecule has 5 nitrogen and oxygen atoms in total. The Bertz CT molecular complexity index is 584. The summed E-state index contributed by atoms with van der Waals surface area (Å²) < 4.78 is 2.03. The Balaban J connectivity index is 2.38. The van der Waals surface area contributed by atoms with Gasteiger partial charge in [-0.25, -0.2) is 9.78 Å². The number of carboxylic acids is 1. The minimum atomic E-state index is -0.945. The normalized spacial score (nSPS) is 15.6. The van der Waals surface area contributed by atoms with Crippen LogP contribution in [0.2, 0.25) is 0 Å². The van der Waals surface area contributed by atoms with Crippen molar-refractivity contribution in [3.05, 3.63) is 23.8 Å². The number of carbonyl (C=O) groups is 1. The van der Waals surface area contributed by atoms with Crippen molar-refractivity contribution >= 4 is 17.0 Å². The molecule has 0 amide bonds. The van der Waals surface area contributed by atoms with Crippen molar-refractivity contribution in [2.24, 2.45) is 0 Å². The van der Waals surface area contributed by atoms with Crippen LogP contribution in [-0.2, 0) is 0 Å². The molecule has 1 saturated carbocycles. The highest BCUT2D eigenvalue weighted by atomic mass is 16.4. The molecule has 0 unspecified atom stereocenters. The van der Waals surface area contributed by atoms with E-state index in [-0.39, 0.29) is 5.56 Å². The molecule has 16 heavy (non-hydrogen) atoms. The molecule has 0 aromatic carbocycles. The zero-order valence-electron chi connectivity index (χ0n) is 8.84. The summed E-state index contributed by atoms with van der Waals surface area (Å²) in [5, 5.41) is 9.14. The number of aromatic nitrogens is 3. The van der Waals surface area contributed by atoms with E-state index in [0.29, 0.717) is 17.1 Å². The van der Waals surface area contributed by atoms with Crippen LogP contribution >= 0.6 is 0 Å². The number of aromatic carboxylic acids is 1. The lowest BCUT2D eigenvalue weighted by molar-refractivity contribution is 0.0698. The first kappa shape index (κ1) is 9.33. The minimum absolute atomic E-state index is 0.241. The highest BCUT2D eigenvalue weighted by Crippen LogP contribution is 2.39. The van der Waals surface area contributed by atoms with E-state index in [4.69, 9.17) is 5.11 Å². The van der Waals surface area contributed by atoms with Crippen LogP contribution in [0.25, 0.3) is 11.0 Å². The van der Waals surface area contributed by atoms with Crippen LogP contribution in [0.4, 0.5) is 0 Å². The topological polar surface area (TPSA) is 68.0 Å². The number of pyridine rings is 1. The van der Waals surface area contributed by atoms with Crippen molar-refractivity contribution in [2.45, 2.75) is 25.8 Å². The molecule has 1 fully saturated rings. The summed E-state index contributed by atoms with van der Waals surface area (Å²) in [6, 6.07) is 0.422. The lowest BCUT2D eigenvalue weighted by atomic mass is 10.2. The number of rotatable bonds is 2. The molecule has 1 aliphatic carbocycles. The van der Waals surface area contributed by atoms with Crippen molar-refractivity contribution in [1.29, 1.82) is 0 Å². The highest BCUT2D eigenvalue weighted by molar-refractivity contribution is 6.00. The molecule has 0 aliphatic heterocycles. The largest absolute Gasteiger partial charge is 0.478 e. The number of hydrogen-bond acceptors (Lipinski definition) is 3. The maximum Gasteiger partial charge on any atom is 0.339 e. The molecule has 0 bridgehead atoms. The maximum absolute atomic E-state index is 11.1. The van der Waals surface area contributed by atoms with E-state index in [1.807, 2.05) is 11.5 Å². The van der Waals surface area contributed by atoms with E-state index in [0.717, 1.165) is 18.7 Å². The van der Waals surface area contributed by atoms with Gasteiger partial charge in [0.25, 0.3) is 0 Å². The van der Waals surface area contributed by atoms with Gasteiger partial charge >= 0.3 is 5.97 Å². The average molecular weight is 217 g/mol. The van der Waals surface area contributed by atoms with E-state index in [1.54, 1.807) is 6.20 Å². The van der Waals surface area contributed by atoms with Crippen LogP contribution in [0.1, 0.15) is 35.1 Å². The second kappa shape index (κ2) is 3.04. The number of hydrogen-bond donors (Lipinski definition) is 1. The summed E-state index contributed by atoms with van der Waals surface area (Å²) in [5.41, 5.74) is 1.62. The molecule has 1 aliphatic rings. The van der Waals surface area contributed by atoms with Gasteiger partial charge in [-0.3, -0.25) is 4.98 Å². The zero-order chi connectivity index (χ0) is 11.3. The molecule has 0 saturated heterocycles. The Morgan fingerprint density at radius 1 is 1.50 bits per heavy atom. The van der Waals surface area contributed by atoms with Crippen molar-refractivity contribution in [2.75, 3.05) is 0 Å². The Morgan fingerprint density at radius 3 is 2.88 bits per heavy atom. The van der Waals surface area contributed by atoms with Crippen LogP contribution < -0.4 is 0 Å². The Kier molecular flexibility index (Phi) is 1.77. The maximum atomic E-state index is 11.1. The molecule has 0 radical (unpaired) electrons. The fourth-order valence-electron chi connectivity index (χ4n) is 2.10. The first-order chi connectivity index (χ1) is 7.68. The van der Waals surface area contributed by atoms with Crippen molar-refractivity contribution in [1.82, 2.24) is 14.5 Å². The third-order valence-corrected chi connectivity index (χ3v) is 2.91. The molecule has 82 valence electrons. The van der Waals surface area contributed by atoms with E-state index < -0.39 is 5.97 Å². The first-order valence-corrected chi connectivity index (χ1v) is 5.24. The van der Waals surface area contributed by atoms with E-state index in [1.165, 1.54) is 6.20 Å². The molecule has 0 atom stereocenters. The summed E-state index contributed by atoms with van der Waals surface area (Å²) in [7, 11) is 0. The molecule has 2 aromatic heterocycles. The fourth-order valence-corrected chi connectivity index (χ4v) is 2.10. The lowest BCUT2D eigenvalue weighted by Crippen LogP contribution is -2.04. The highest BCUT2D eigenvalue weighted by Gasteiger charge is 2.29. The van der Waals surface area contributed by atoms with Gasteiger partial charge in [-0.15, -0.1) is 0 Å². The Morgan fingerprint density at radius 2 is 2.25 bits per heavy atom. The number of aryl methyl sites for hydroxylation is 1. The van der Waals surface area contributed by atoms with Crippen molar-refractivity contribution < 1.29 is 9.90 Å². The number of fused-ring (bicyclic) bond motifs is 1. The summed E-state index contributed by atoms with van der Waals surface area (Å²) in [5.74, 6) is -0.0760. The number of nitrogens with zero attached hydrogens (tertiary/aromatic N) is 3. The Hall–Kier alpha value is -1.91. The first-order valence-electron chi connectivity index (χ1n) is 5.24. The number of imidazole rings is 1. The fraction of sp³-hybridized carbons (Fsp3) is 0.364. The molecule has 2 heterocycles. The van der Waals surface area contributed by atoms with Crippen LogP contribution in [-0.4, -0.2) is 25.6 Å². The third-order valence-electron chi connectivity index (χ3n) is 2.91. The van der Waals surface area contributed by atoms with Gasteiger partial charge in [0, 0.05) is 12.2 Å². The number of carboxylic acid groups (broad SMARTS) is 1. The third kappa shape index (κ3) is 1.21. The Labute approximate surface area is 91.7 Å². The summed E-state index contributed by atoms with van der Waals surface area (Å²) >= 11 is 0. The summed E-state index contributed by atoms with van der Waals surface area (Å²) in [4.78, 5) is 19.4. The SMILES string of the molecule is Cc1nc2cncc(C(=O)O)c2n1C1CC1. The molecular formula is C11H11N3O2. The monoisotopic (exact) mass is 217 g/mol. The van der Waals surface area contributed by atoms with E-state index in [2.05, 4.69) is 9.97 Å². The second-order valence-electron chi connectivity index (χ2n) is 4.12. The predicted octanol–water partition coefficient (Wildman–Crippen LogP) is 1.77. The summed E-state index contributed by atoms with van der Waals surface area (Å²) in [6.45, 7) is 1.91. The van der Waals surface area contributed by atoms with Gasteiger partial charge in [0.05, 0.1) is 11.7 Å². The van der Waals surface area contributed by atoms with Gasteiger partial charge in [0.15, 0.2) is 0 Å². The average Bonchev–Trinajstić information content (AvgIpc) is 3.00. The van der Waals surface area contributed by atoms with Gasteiger partial charge in [0.1, 0.15) is 16.9 Å². The molecule has 3 rings (SSSR count). The van der Waals surface area contributed by atoms with Crippen LogP contribution in [0.3, 0.4) is 0 Å². The zero-order valence-corrected chi connectivity index (χ0v) is 8.84. The second-order valence-corrected chi connectivity index (χ2v) is 4.12. The van der Waals surface area contributed by atoms with Crippen molar-refractivity contribution in [3.63, 3.8) is 0 Å². The van der Waals surface area contributed by atoms with Gasteiger partial charge in [-0.1, -0.05) is 0 Å². The molecule has 5 heteroatoms. The van der Waals surface area contributed by atoms with Crippen molar-refractivity contribution in [3.8, 4) is 0 Å². The van der Waals surface area contributed by atoms with Gasteiger partial charge < -0.3 is 9.67 Å². The van der Waals surface area contributed by atoms with Crippen LogP contribution in [0.5, 0.6) is 0 Å². The standard InChI is InChI=1S/C11H11N3O2/c1-6-13-9-5-12-4-8(11(15)16)10(9)14(6)7-2-3-7/h4-5,7H,2-3H2,1H3,(H,15,16). The minimum Gasteiger partial charge on any atom is -0.478 e. The lowest BCUT2D eigenvalue weighted by Gasteiger charge is -2.05. The molecule has 1 N–H and O–H groups in total. The van der Waals surface area contributed by atoms with Gasteiger partial charge in [-0.2, -0.15) is 0 Å². The summed E-state index contributed by atoms with van der Waals surface area (Å²) in [6.07, 6.45) is 5.22.